The van der Waals surface area contributed by atoms with E-state index in [0.29, 0.717) is 0 Å². The Bertz CT molecular complexity index is 62.2. The molecule has 0 unspecified atom stereocenters. The first-order valence-electron chi connectivity index (χ1n) is 0.730. The van der Waals surface area contributed by atoms with Gasteiger partial charge in [-0.3, -0.25) is 0 Å². The molecule has 8 heteroatoms. The van der Waals surface area contributed by atoms with Gasteiger partial charge in [-0.2, -0.15) is 7.82 Å². The molecule has 0 aliphatic rings. The van der Waals surface area contributed by atoms with Gasteiger partial charge in [-0.15, -0.1) is 0 Å². The molecule has 0 amide bonds. The summed E-state index contributed by atoms with van der Waals surface area (Å²) in [5.41, 5.74) is 0. The molecule has 0 saturated heterocycles. The smallest absolute Gasteiger partial charge is 0.822 e. The maximum Gasteiger partial charge on any atom is 2.00 e. The van der Waals surface area contributed by atoms with Gasteiger partial charge in [0.15, 0.2) is 17.4 Å². The van der Waals surface area contributed by atoms with Gasteiger partial charge in [0.2, 0.25) is 0 Å². The van der Waals surface area contributed by atoms with Gasteiger partial charge < -0.3 is 19.2 Å². The van der Waals surface area contributed by atoms with Crippen molar-refractivity contribution in [3.05, 3.63) is 0 Å². The zero-order chi connectivity index (χ0) is 4.50. The Hall–Kier alpha value is 2.90. The quantitative estimate of drug-likeness (QED) is 0.305. The van der Waals surface area contributed by atoms with E-state index in [9.17, 15) is 0 Å². The largest absolute Gasteiger partial charge is 2.00 e. The Morgan fingerprint density at radius 1 is 1.12 bits per heavy atom. The zero-order valence-electron chi connectivity index (χ0n) is 3.79. The summed E-state index contributed by atoms with van der Waals surface area (Å²) >= 11 is 0. The maximum atomic E-state index is 8.55. The molecule has 0 aliphatic heterocycles. The molecule has 0 aromatic carbocycles. The third-order valence-electron chi connectivity index (χ3n) is 0. The SMILES string of the molecule is O=P([O-])([O-])[O-].[AlH3].[K+].[Zn+2]. The summed E-state index contributed by atoms with van der Waals surface area (Å²) in [5, 5.41) is 0. The predicted molar refractivity (Wildman–Crippen MR) is 17.5 cm³/mol. The van der Waals surface area contributed by atoms with Crippen LogP contribution in [0.1, 0.15) is 0 Å². The summed E-state index contributed by atoms with van der Waals surface area (Å²) in [7, 11) is -5.39. The Morgan fingerprint density at radius 2 is 1.12 bits per heavy atom. The summed E-state index contributed by atoms with van der Waals surface area (Å²) in [5.74, 6) is 0. The van der Waals surface area contributed by atoms with Gasteiger partial charge in [-0.05, 0) is 0 Å². The molecule has 0 N–H and O–H groups in total. The average Bonchev–Trinajstić information content (AvgIpc) is 0.722. The molecule has 0 atom stereocenters. The van der Waals surface area contributed by atoms with Crippen molar-refractivity contribution < 1.29 is 90.1 Å². The molecule has 0 bridgehead atoms. The van der Waals surface area contributed by atoms with Gasteiger partial charge in [-0.25, -0.2) is 0 Å². The number of phosphoric acid groups is 1. The standard InChI is InChI=1S/Al.K.H3O4P.Zn.3H/c;;1-5(2,3)4;;;;/h;;(H3,1,2,3,4);;;;/q;+1;;+2;;;/p-3. The van der Waals surface area contributed by atoms with Crippen LogP contribution in [0.25, 0.3) is 0 Å². The molecule has 38 valence electrons. The van der Waals surface area contributed by atoms with Crippen molar-refractivity contribution >= 4 is 25.2 Å². The molecule has 0 fully saturated rings. The first kappa shape index (κ1) is 22.4. The maximum absolute atomic E-state index is 8.55. The minimum Gasteiger partial charge on any atom is -0.822 e. The molecule has 0 aromatic heterocycles. The second-order valence-corrected chi connectivity index (χ2v) is 1.34. The molecule has 0 aliphatic carbocycles. The summed E-state index contributed by atoms with van der Waals surface area (Å²) in [6.45, 7) is 0. The first-order valence-corrected chi connectivity index (χ1v) is 2.19. The van der Waals surface area contributed by atoms with Crippen molar-refractivity contribution in [2.24, 2.45) is 0 Å². The van der Waals surface area contributed by atoms with Crippen LogP contribution in [0.5, 0.6) is 0 Å². The molecule has 0 radical (unpaired) electrons. The normalized spacial score (nSPS) is 7.38. The van der Waals surface area contributed by atoms with Crippen LogP contribution in [0.2, 0.25) is 0 Å². The first-order chi connectivity index (χ1) is 2.00. The van der Waals surface area contributed by atoms with Gasteiger partial charge in [0, 0.05) is 0 Å². The Balaban J connectivity index is -0.0000000267. The number of rotatable bonds is 0. The van der Waals surface area contributed by atoms with Gasteiger partial charge in [-0.1, -0.05) is 0 Å². The fourth-order valence-electron chi connectivity index (χ4n) is 0. The molecule has 0 aromatic rings. The van der Waals surface area contributed by atoms with Gasteiger partial charge in [0.1, 0.15) is 0 Å². The third-order valence-corrected chi connectivity index (χ3v) is 0. The predicted octanol–water partition coefficient (Wildman–Crippen LogP) is -7.01. The van der Waals surface area contributed by atoms with Crippen molar-refractivity contribution in [3.8, 4) is 0 Å². The topological polar surface area (TPSA) is 86.2 Å². The number of hydrogen-bond donors (Lipinski definition) is 0. The van der Waals surface area contributed by atoms with E-state index in [4.69, 9.17) is 19.2 Å². The van der Waals surface area contributed by atoms with Gasteiger partial charge in [0.25, 0.3) is 0 Å². The van der Waals surface area contributed by atoms with Gasteiger partial charge in [0.05, 0.1) is 0 Å². The summed E-state index contributed by atoms with van der Waals surface area (Å²) in [6, 6.07) is 0. The van der Waals surface area contributed by atoms with Crippen LogP contribution in [0.4, 0.5) is 0 Å². The van der Waals surface area contributed by atoms with Crippen molar-refractivity contribution in [2.45, 2.75) is 0 Å². The average molecular weight is 229 g/mol. The van der Waals surface area contributed by atoms with Crippen LogP contribution in [-0.2, 0) is 24.0 Å². The minimum atomic E-state index is -5.39. The zero-order valence-corrected chi connectivity index (χ0v) is 10.8. The van der Waals surface area contributed by atoms with Crippen LogP contribution >= 0.6 is 7.82 Å². The van der Waals surface area contributed by atoms with E-state index in [1.165, 1.54) is 0 Å². The van der Waals surface area contributed by atoms with Crippen molar-refractivity contribution in [1.82, 2.24) is 0 Å². The van der Waals surface area contributed by atoms with Crippen LogP contribution in [0, 0.1) is 0 Å². The summed E-state index contributed by atoms with van der Waals surface area (Å²) in [6.07, 6.45) is 0. The third kappa shape index (κ3) is 66.0. The molecule has 4 nitrogen and oxygen atoms in total. The van der Waals surface area contributed by atoms with Gasteiger partial charge >= 0.3 is 70.9 Å². The Kier molecular flexibility index (Phi) is 27.8. The fourth-order valence-corrected chi connectivity index (χ4v) is 0. The van der Waals surface area contributed by atoms with Crippen molar-refractivity contribution in [2.75, 3.05) is 0 Å². The van der Waals surface area contributed by atoms with E-state index in [1.54, 1.807) is 0 Å². The Labute approximate surface area is 113 Å². The molecule has 0 saturated carbocycles. The Morgan fingerprint density at radius 3 is 1.12 bits per heavy atom. The van der Waals surface area contributed by atoms with Crippen LogP contribution in [0.3, 0.4) is 0 Å². The van der Waals surface area contributed by atoms with E-state index in [0.717, 1.165) is 0 Å². The molecule has 0 heterocycles. The molecule has 0 spiro atoms. The molecular weight excluding hydrogens is 226 g/mol. The van der Waals surface area contributed by atoms with E-state index >= 15 is 0 Å². The summed E-state index contributed by atoms with van der Waals surface area (Å²) < 4.78 is 8.55. The second-order valence-electron chi connectivity index (χ2n) is 0.447. The van der Waals surface area contributed by atoms with E-state index < -0.39 is 7.82 Å². The van der Waals surface area contributed by atoms with E-state index in [-0.39, 0.29) is 88.2 Å². The summed E-state index contributed by atoms with van der Waals surface area (Å²) in [4.78, 5) is 25.6. The molecule has 8 heavy (non-hydrogen) atoms. The van der Waals surface area contributed by atoms with Crippen LogP contribution in [-0.4, -0.2) is 17.4 Å². The minimum absolute atomic E-state index is 0. The molecule has 0 rings (SSSR count). The van der Waals surface area contributed by atoms with Crippen LogP contribution in [0.15, 0.2) is 0 Å². The second kappa shape index (κ2) is 9.90. The van der Waals surface area contributed by atoms with Crippen LogP contribution < -0.4 is 66.1 Å². The van der Waals surface area contributed by atoms with E-state index in [2.05, 4.69) is 0 Å². The number of hydrogen-bond acceptors (Lipinski definition) is 4. The molecular formula is H3AlKO4PZn. The van der Waals surface area contributed by atoms with Crippen molar-refractivity contribution in [1.29, 1.82) is 0 Å². The van der Waals surface area contributed by atoms with E-state index in [1.807, 2.05) is 0 Å². The van der Waals surface area contributed by atoms with Crippen molar-refractivity contribution in [3.63, 3.8) is 0 Å². The fraction of sp³-hybridized carbons (Fsp3) is 0. The monoisotopic (exact) mass is 228 g/mol.